The van der Waals surface area contributed by atoms with Gasteiger partial charge in [-0.15, -0.1) is 11.3 Å². The number of nitrogens with zero attached hydrogens (tertiary/aromatic N) is 2. The Bertz CT molecular complexity index is 580. The van der Waals surface area contributed by atoms with Crippen LogP contribution in [0.4, 0.5) is 0 Å². The van der Waals surface area contributed by atoms with E-state index < -0.39 is 0 Å². The smallest absolute Gasteiger partial charge is 0.125 e. The molecule has 2 heterocycles. The third-order valence-corrected chi connectivity index (χ3v) is 4.50. The zero-order valence-electron chi connectivity index (χ0n) is 12.3. The SMILES string of the molecule is CC(C)(C)NCc1sc(-c2cccnc2)nc1C1CC1. The first-order chi connectivity index (χ1) is 9.53. The van der Waals surface area contributed by atoms with Gasteiger partial charge in [-0.1, -0.05) is 0 Å². The van der Waals surface area contributed by atoms with Gasteiger partial charge in [0.1, 0.15) is 5.01 Å². The standard InChI is InChI=1S/C16H21N3S/c1-16(2,3)18-10-13-14(11-6-7-11)19-15(20-13)12-5-4-8-17-9-12/h4-5,8-9,11,18H,6-7,10H2,1-3H3. The predicted molar refractivity (Wildman–Crippen MR) is 83.9 cm³/mol. The van der Waals surface area contributed by atoms with Crippen LogP contribution in [0, 0.1) is 0 Å². The van der Waals surface area contributed by atoms with Crippen molar-refractivity contribution in [3.63, 3.8) is 0 Å². The molecule has 0 atom stereocenters. The van der Waals surface area contributed by atoms with Crippen molar-refractivity contribution < 1.29 is 0 Å². The van der Waals surface area contributed by atoms with Crippen molar-refractivity contribution in [2.24, 2.45) is 0 Å². The van der Waals surface area contributed by atoms with Gasteiger partial charge < -0.3 is 5.32 Å². The lowest BCUT2D eigenvalue weighted by Crippen LogP contribution is -2.35. The Hall–Kier alpha value is -1.26. The van der Waals surface area contributed by atoms with Crippen molar-refractivity contribution in [2.45, 2.75) is 51.6 Å². The first-order valence-electron chi connectivity index (χ1n) is 7.18. The van der Waals surface area contributed by atoms with Gasteiger partial charge in [0.15, 0.2) is 0 Å². The lowest BCUT2D eigenvalue weighted by atomic mass is 10.1. The summed E-state index contributed by atoms with van der Waals surface area (Å²) in [4.78, 5) is 10.5. The Balaban J connectivity index is 1.87. The number of hydrogen-bond acceptors (Lipinski definition) is 4. The van der Waals surface area contributed by atoms with Crippen LogP contribution in [0.1, 0.15) is 50.1 Å². The molecule has 0 radical (unpaired) electrons. The van der Waals surface area contributed by atoms with Crippen LogP contribution in [-0.4, -0.2) is 15.5 Å². The van der Waals surface area contributed by atoms with Crippen molar-refractivity contribution in [3.8, 4) is 10.6 Å². The van der Waals surface area contributed by atoms with E-state index in [1.54, 1.807) is 6.20 Å². The van der Waals surface area contributed by atoms with Gasteiger partial charge in [-0.25, -0.2) is 4.98 Å². The molecule has 3 nitrogen and oxygen atoms in total. The number of nitrogens with one attached hydrogen (secondary N) is 1. The van der Waals surface area contributed by atoms with Gasteiger partial charge in [0, 0.05) is 40.8 Å². The molecule has 2 aromatic rings. The molecule has 2 aromatic heterocycles. The van der Waals surface area contributed by atoms with Crippen LogP contribution in [0.3, 0.4) is 0 Å². The summed E-state index contributed by atoms with van der Waals surface area (Å²) in [7, 11) is 0. The molecule has 1 saturated carbocycles. The largest absolute Gasteiger partial charge is 0.307 e. The van der Waals surface area contributed by atoms with Gasteiger partial charge in [0.25, 0.3) is 0 Å². The van der Waals surface area contributed by atoms with Crippen molar-refractivity contribution >= 4 is 11.3 Å². The molecule has 0 saturated heterocycles. The normalized spacial score (nSPS) is 15.6. The van der Waals surface area contributed by atoms with E-state index in [9.17, 15) is 0 Å². The maximum absolute atomic E-state index is 4.88. The van der Waals surface area contributed by atoms with Crippen LogP contribution in [0.2, 0.25) is 0 Å². The number of thiazole rings is 1. The Kier molecular flexibility index (Phi) is 3.61. The number of pyridine rings is 1. The van der Waals surface area contributed by atoms with Crippen molar-refractivity contribution in [1.82, 2.24) is 15.3 Å². The van der Waals surface area contributed by atoms with Crippen molar-refractivity contribution in [2.75, 3.05) is 0 Å². The second-order valence-corrected chi connectivity index (χ2v) is 7.53. The molecule has 106 valence electrons. The molecule has 20 heavy (non-hydrogen) atoms. The summed E-state index contributed by atoms with van der Waals surface area (Å²) in [5, 5.41) is 4.68. The lowest BCUT2D eigenvalue weighted by molar-refractivity contribution is 0.425. The highest BCUT2D eigenvalue weighted by atomic mass is 32.1. The summed E-state index contributed by atoms with van der Waals surface area (Å²) in [5.74, 6) is 0.688. The van der Waals surface area contributed by atoms with E-state index in [1.807, 2.05) is 23.6 Å². The van der Waals surface area contributed by atoms with Crippen LogP contribution < -0.4 is 5.32 Å². The van der Waals surface area contributed by atoms with E-state index >= 15 is 0 Å². The van der Waals surface area contributed by atoms with Gasteiger partial charge in [-0.05, 0) is 45.7 Å². The molecule has 3 rings (SSSR count). The average Bonchev–Trinajstić information content (AvgIpc) is 3.17. The third-order valence-electron chi connectivity index (χ3n) is 3.38. The van der Waals surface area contributed by atoms with Crippen LogP contribution in [0.5, 0.6) is 0 Å². The van der Waals surface area contributed by atoms with Gasteiger partial charge in [-0.2, -0.15) is 0 Å². The van der Waals surface area contributed by atoms with E-state index in [0.717, 1.165) is 17.1 Å². The molecule has 0 aromatic carbocycles. The summed E-state index contributed by atoms with van der Waals surface area (Å²) >= 11 is 1.81. The highest BCUT2D eigenvalue weighted by molar-refractivity contribution is 7.15. The van der Waals surface area contributed by atoms with E-state index in [-0.39, 0.29) is 5.54 Å². The van der Waals surface area contributed by atoms with Crippen LogP contribution >= 0.6 is 11.3 Å². The molecule has 0 unspecified atom stereocenters. The minimum atomic E-state index is 0.138. The summed E-state index contributed by atoms with van der Waals surface area (Å²) in [6, 6.07) is 4.06. The fourth-order valence-corrected chi connectivity index (χ4v) is 3.20. The molecule has 1 aliphatic rings. The molecule has 0 aliphatic heterocycles. The number of hydrogen-bond donors (Lipinski definition) is 1. The van der Waals surface area contributed by atoms with Gasteiger partial charge in [0.05, 0.1) is 5.69 Å². The maximum atomic E-state index is 4.88. The minimum absolute atomic E-state index is 0.138. The average molecular weight is 287 g/mol. The summed E-state index contributed by atoms with van der Waals surface area (Å²) in [6.07, 6.45) is 6.29. The molecule has 1 aliphatic carbocycles. The maximum Gasteiger partial charge on any atom is 0.125 e. The van der Waals surface area contributed by atoms with E-state index in [0.29, 0.717) is 5.92 Å². The first kappa shape index (κ1) is 13.7. The van der Waals surface area contributed by atoms with Crippen molar-refractivity contribution in [1.29, 1.82) is 0 Å². The molecule has 0 amide bonds. The van der Waals surface area contributed by atoms with E-state index in [2.05, 4.69) is 37.1 Å². The molecule has 1 N–H and O–H groups in total. The fraction of sp³-hybridized carbons (Fsp3) is 0.500. The predicted octanol–water partition coefficient (Wildman–Crippen LogP) is 3.97. The van der Waals surface area contributed by atoms with E-state index in [1.165, 1.54) is 23.4 Å². The Morgan fingerprint density at radius 3 is 2.75 bits per heavy atom. The highest BCUT2D eigenvalue weighted by Crippen LogP contribution is 2.44. The zero-order valence-corrected chi connectivity index (χ0v) is 13.1. The Morgan fingerprint density at radius 2 is 2.15 bits per heavy atom. The zero-order chi connectivity index (χ0) is 14.2. The van der Waals surface area contributed by atoms with Crippen LogP contribution in [-0.2, 0) is 6.54 Å². The van der Waals surface area contributed by atoms with Crippen molar-refractivity contribution in [3.05, 3.63) is 35.1 Å². The Morgan fingerprint density at radius 1 is 1.35 bits per heavy atom. The van der Waals surface area contributed by atoms with E-state index in [4.69, 9.17) is 4.98 Å². The van der Waals surface area contributed by atoms with Gasteiger partial charge in [-0.3, -0.25) is 4.98 Å². The summed E-state index contributed by atoms with van der Waals surface area (Å²) in [6.45, 7) is 7.51. The number of rotatable bonds is 4. The molecule has 0 spiro atoms. The number of aromatic nitrogens is 2. The second kappa shape index (κ2) is 5.26. The lowest BCUT2D eigenvalue weighted by Gasteiger charge is -2.20. The fourth-order valence-electron chi connectivity index (χ4n) is 2.12. The minimum Gasteiger partial charge on any atom is -0.307 e. The van der Waals surface area contributed by atoms with Crippen LogP contribution in [0.15, 0.2) is 24.5 Å². The first-order valence-corrected chi connectivity index (χ1v) is 7.99. The quantitative estimate of drug-likeness (QED) is 0.924. The molecule has 1 fully saturated rings. The Labute approximate surface area is 124 Å². The third kappa shape index (κ3) is 3.25. The molecular weight excluding hydrogens is 266 g/mol. The molecule has 0 bridgehead atoms. The second-order valence-electron chi connectivity index (χ2n) is 6.45. The summed E-state index contributed by atoms with van der Waals surface area (Å²) < 4.78 is 0. The van der Waals surface area contributed by atoms with Crippen LogP contribution in [0.25, 0.3) is 10.6 Å². The molecule has 4 heteroatoms. The molecular formula is C16H21N3S. The highest BCUT2D eigenvalue weighted by Gasteiger charge is 2.30. The monoisotopic (exact) mass is 287 g/mol. The summed E-state index contributed by atoms with van der Waals surface area (Å²) in [5.41, 5.74) is 2.58. The van der Waals surface area contributed by atoms with Gasteiger partial charge >= 0.3 is 0 Å². The topological polar surface area (TPSA) is 37.8 Å². The van der Waals surface area contributed by atoms with Gasteiger partial charge in [0.2, 0.25) is 0 Å².